The Hall–Kier alpha value is -1.65. The van der Waals surface area contributed by atoms with E-state index in [9.17, 15) is 18.7 Å². The molecule has 0 spiro atoms. The van der Waals surface area contributed by atoms with Crippen LogP contribution in [0.25, 0.3) is 0 Å². The monoisotopic (exact) mass is 187 g/mol. The summed E-state index contributed by atoms with van der Waals surface area (Å²) in [4.78, 5) is 10.2. The molecule has 0 aliphatic carbocycles. The second kappa shape index (κ2) is 3.84. The van der Waals surface area contributed by atoms with Crippen LogP contribution in [0, 0.1) is 0 Å². The van der Waals surface area contributed by atoms with Crippen molar-refractivity contribution in [2.75, 3.05) is 0 Å². The molecular formula is C8H5F2O3. The molecule has 3 nitrogen and oxygen atoms in total. The third kappa shape index (κ3) is 2.70. The van der Waals surface area contributed by atoms with Crippen LogP contribution in [0.3, 0.4) is 0 Å². The molecule has 0 saturated carbocycles. The van der Waals surface area contributed by atoms with Gasteiger partial charge in [0.05, 0.1) is 5.56 Å². The number of benzene rings is 1. The molecule has 0 fully saturated rings. The smallest absolute Gasteiger partial charge is 0.387 e. The second-order valence-corrected chi connectivity index (χ2v) is 2.19. The molecule has 0 aromatic heterocycles. The third-order valence-electron chi connectivity index (χ3n) is 1.32. The highest BCUT2D eigenvalue weighted by atomic mass is 19.3. The van der Waals surface area contributed by atoms with Crippen molar-refractivity contribution in [2.24, 2.45) is 0 Å². The molecule has 1 rings (SSSR count). The summed E-state index contributed by atoms with van der Waals surface area (Å²) in [6.07, 6.45) is 0. The van der Waals surface area contributed by atoms with Gasteiger partial charge in [-0.25, -0.2) is 9.90 Å². The van der Waals surface area contributed by atoms with Gasteiger partial charge in [-0.1, -0.05) is 0 Å². The molecule has 0 bridgehead atoms. The number of hydrogen-bond donors (Lipinski definition) is 0. The lowest BCUT2D eigenvalue weighted by Crippen LogP contribution is -2.02. The summed E-state index contributed by atoms with van der Waals surface area (Å²) in [5.74, 6) is -1.44. The number of halogens is 2. The van der Waals surface area contributed by atoms with E-state index in [1.165, 1.54) is 0 Å². The summed E-state index contributed by atoms with van der Waals surface area (Å²) in [5, 5.41) is 10.2. The first-order valence-corrected chi connectivity index (χ1v) is 3.36. The lowest BCUT2D eigenvalue weighted by atomic mass is 10.2. The molecule has 1 aromatic rings. The van der Waals surface area contributed by atoms with Gasteiger partial charge >= 0.3 is 12.6 Å². The lowest BCUT2D eigenvalue weighted by Gasteiger charge is -2.02. The molecule has 0 amide bonds. The zero-order chi connectivity index (χ0) is 9.84. The van der Waals surface area contributed by atoms with Gasteiger partial charge in [-0.05, 0) is 24.3 Å². The van der Waals surface area contributed by atoms with Crippen molar-refractivity contribution in [2.45, 2.75) is 6.61 Å². The maximum absolute atomic E-state index is 11.6. The summed E-state index contributed by atoms with van der Waals surface area (Å²) in [7, 11) is 0. The number of alkyl halides is 2. The predicted octanol–water partition coefficient (Wildman–Crippen LogP) is 1.86. The van der Waals surface area contributed by atoms with Crippen LogP contribution in [0.15, 0.2) is 24.3 Å². The summed E-state index contributed by atoms with van der Waals surface area (Å²) in [5.41, 5.74) is -0.0818. The van der Waals surface area contributed by atoms with Crippen molar-refractivity contribution in [3.05, 3.63) is 29.8 Å². The quantitative estimate of drug-likeness (QED) is 0.724. The molecule has 0 aliphatic rings. The fraction of sp³-hybridized carbons (Fsp3) is 0.125. The van der Waals surface area contributed by atoms with Gasteiger partial charge in [0, 0.05) is 0 Å². The average molecular weight is 187 g/mol. The highest BCUT2D eigenvalue weighted by molar-refractivity contribution is 5.87. The van der Waals surface area contributed by atoms with E-state index < -0.39 is 12.6 Å². The minimum atomic E-state index is -2.91. The van der Waals surface area contributed by atoms with Crippen molar-refractivity contribution >= 4 is 5.97 Å². The highest BCUT2D eigenvalue weighted by Crippen LogP contribution is 2.14. The maximum atomic E-state index is 11.6. The molecule has 69 valence electrons. The normalized spacial score (nSPS) is 10.1. The zero-order valence-corrected chi connectivity index (χ0v) is 6.37. The molecule has 0 saturated heterocycles. The molecule has 1 aromatic carbocycles. The summed E-state index contributed by atoms with van der Waals surface area (Å²) < 4.78 is 27.3. The Labute approximate surface area is 72.6 Å². The Morgan fingerprint density at radius 3 is 2.15 bits per heavy atom. The Bertz CT molecular complexity index is 295. The van der Waals surface area contributed by atoms with Crippen LogP contribution < -0.4 is 4.74 Å². The van der Waals surface area contributed by atoms with Crippen LogP contribution in [0.1, 0.15) is 10.4 Å². The Kier molecular flexibility index (Phi) is 2.79. The van der Waals surface area contributed by atoms with Crippen molar-refractivity contribution in [3.8, 4) is 5.75 Å². The number of carbonyl (C=O) groups is 1. The fourth-order valence-electron chi connectivity index (χ4n) is 0.772. The minimum absolute atomic E-state index is 0.0818. The van der Waals surface area contributed by atoms with Crippen LogP contribution in [0.4, 0.5) is 8.78 Å². The van der Waals surface area contributed by atoms with Crippen LogP contribution in [-0.2, 0) is 5.11 Å². The predicted molar refractivity (Wildman–Crippen MR) is 38.1 cm³/mol. The van der Waals surface area contributed by atoms with Gasteiger partial charge in [0.25, 0.3) is 0 Å². The number of ether oxygens (including phenoxy) is 1. The van der Waals surface area contributed by atoms with Gasteiger partial charge in [0.2, 0.25) is 0 Å². The van der Waals surface area contributed by atoms with Crippen molar-refractivity contribution < 1.29 is 23.4 Å². The topological polar surface area (TPSA) is 46.2 Å². The fourth-order valence-corrected chi connectivity index (χ4v) is 0.772. The molecule has 0 unspecified atom stereocenters. The molecule has 0 atom stereocenters. The third-order valence-corrected chi connectivity index (χ3v) is 1.32. The van der Waals surface area contributed by atoms with Gasteiger partial charge in [0.15, 0.2) is 0 Å². The molecule has 0 heterocycles. The Morgan fingerprint density at radius 1 is 1.23 bits per heavy atom. The molecule has 5 heteroatoms. The largest absolute Gasteiger partial charge is 0.435 e. The molecule has 0 aliphatic heterocycles. The summed E-state index contributed by atoms with van der Waals surface area (Å²) in [6, 6.07) is 4.54. The number of hydrogen-bond acceptors (Lipinski definition) is 2. The standard InChI is InChI=1S/C8H5F2O3/c9-8(10)13-6-3-1-5(2-4-6)7(11)12/h1-4,8H. The van der Waals surface area contributed by atoms with E-state index >= 15 is 0 Å². The van der Waals surface area contributed by atoms with E-state index in [1.807, 2.05) is 0 Å². The average Bonchev–Trinajstić information content (AvgIpc) is 2.04. The summed E-state index contributed by atoms with van der Waals surface area (Å²) >= 11 is 0. The highest BCUT2D eigenvalue weighted by Gasteiger charge is 2.06. The summed E-state index contributed by atoms with van der Waals surface area (Å²) in [6.45, 7) is -2.91. The first kappa shape index (κ1) is 9.44. The van der Waals surface area contributed by atoms with Crippen molar-refractivity contribution in [1.29, 1.82) is 0 Å². The van der Waals surface area contributed by atoms with E-state index in [2.05, 4.69) is 4.74 Å². The van der Waals surface area contributed by atoms with E-state index in [-0.39, 0.29) is 11.3 Å². The van der Waals surface area contributed by atoms with Gasteiger partial charge in [-0.2, -0.15) is 8.78 Å². The second-order valence-electron chi connectivity index (χ2n) is 2.19. The van der Waals surface area contributed by atoms with Crippen molar-refractivity contribution in [1.82, 2.24) is 0 Å². The van der Waals surface area contributed by atoms with E-state index in [1.54, 1.807) is 0 Å². The van der Waals surface area contributed by atoms with Crippen LogP contribution >= 0.6 is 0 Å². The van der Waals surface area contributed by atoms with E-state index in [4.69, 9.17) is 0 Å². The molecule has 0 N–H and O–H groups in total. The van der Waals surface area contributed by atoms with Crippen LogP contribution in [0.2, 0.25) is 0 Å². The van der Waals surface area contributed by atoms with Gasteiger partial charge in [0.1, 0.15) is 5.75 Å². The van der Waals surface area contributed by atoms with E-state index in [0.29, 0.717) is 0 Å². The molecular weight excluding hydrogens is 182 g/mol. The number of carbonyl (C=O) groups excluding carboxylic acids is 1. The van der Waals surface area contributed by atoms with Crippen LogP contribution in [-0.4, -0.2) is 12.6 Å². The van der Waals surface area contributed by atoms with Crippen molar-refractivity contribution in [3.63, 3.8) is 0 Å². The van der Waals surface area contributed by atoms with Gasteiger partial charge in [-0.3, -0.25) is 0 Å². The molecule has 13 heavy (non-hydrogen) atoms. The molecule has 1 radical (unpaired) electrons. The Balaban J connectivity index is 2.75. The lowest BCUT2D eigenvalue weighted by molar-refractivity contribution is -0.0498. The Morgan fingerprint density at radius 2 is 1.77 bits per heavy atom. The van der Waals surface area contributed by atoms with Crippen LogP contribution in [0.5, 0.6) is 5.75 Å². The minimum Gasteiger partial charge on any atom is -0.435 e. The first-order chi connectivity index (χ1) is 6.09. The maximum Gasteiger partial charge on any atom is 0.387 e. The zero-order valence-electron chi connectivity index (χ0n) is 6.37. The van der Waals surface area contributed by atoms with Gasteiger partial charge in [-0.15, -0.1) is 0 Å². The number of rotatable bonds is 3. The van der Waals surface area contributed by atoms with Gasteiger partial charge < -0.3 is 4.74 Å². The first-order valence-electron chi connectivity index (χ1n) is 3.36. The SMILES string of the molecule is [O]C(=O)c1ccc(OC(F)F)cc1. The van der Waals surface area contributed by atoms with E-state index in [0.717, 1.165) is 24.3 Å².